The van der Waals surface area contributed by atoms with Gasteiger partial charge in [0.05, 0.1) is 10.2 Å². The molecule has 0 atom stereocenters. The summed E-state index contributed by atoms with van der Waals surface area (Å²) in [4.78, 5) is 8.75. The molecule has 4 aromatic rings. The molecular formula is C15H11ClN6S. The Bertz CT molecular complexity index is 959. The second kappa shape index (κ2) is 5.53. The van der Waals surface area contributed by atoms with Crippen LogP contribution in [-0.4, -0.2) is 19.7 Å². The molecule has 0 spiro atoms. The minimum absolute atomic E-state index is 0.272. The number of nitrogens with zero attached hydrogens (tertiary/aromatic N) is 4. The molecule has 0 aliphatic heterocycles. The van der Waals surface area contributed by atoms with E-state index in [0.29, 0.717) is 16.1 Å². The first-order chi connectivity index (χ1) is 11.2. The number of hydrogen-bond donors (Lipinski definition) is 2. The van der Waals surface area contributed by atoms with Gasteiger partial charge in [-0.1, -0.05) is 41.1 Å². The third kappa shape index (κ3) is 2.71. The number of nitrogens with two attached hydrogens (primary N) is 1. The number of nitrogens with one attached hydrogen (secondary N) is 1. The maximum atomic E-state index is 5.97. The molecule has 2 aromatic carbocycles. The number of nitrogen functional groups attached to an aromatic ring is 1. The highest BCUT2D eigenvalue weighted by atomic mass is 35.5. The number of benzene rings is 2. The third-order valence-electron chi connectivity index (χ3n) is 3.18. The topological polar surface area (TPSA) is 81.6 Å². The first kappa shape index (κ1) is 14.0. The SMILES string of the molecule is Nc1nc(Nc2cccc(Cl)c2)nn1-c1nc2ccccc2s1. The minimum Gasteiger partial charge on any atom is -0.368 e. The van der Waals surface area contributed by atoms with E-state index in [1.165, 1.54) is 16.0 Å². The zero-order chi connectivity index (χ0) is 15.8. The van der Waals surface area contributed by atoms with E-state index in [2.05, 4.69) is 20.4 Å². The first-order valence-corrected chi connectivity index (χ1v) is 7.99. The van der Waals surface area contributed by atoms with Crippen molar-refractivity contribution in [1.82, 2.24) is 19.7 Å². The highest BCUT2D eigenvalue weighted by Crippen LogP contribution is 2.26. The fraction of sp³-hybridized carbons (Fsp3) is 0. The van der Waals surface area contributed by atoms with Crippen molar-refractivity contribution in [3.63, 3.8) is 0 Å². The third-order valence-corrected chi connectivity index (χ3v) is 4.42. The lowest BCUT2D eigenvalue weighted by Gasteiger charge is -2.01. The number of rotatable bonds is 3. The molecule has 6 nitrogen and oxygen atoms in total. The van der Waals surface area contributed by atoms with Gasteiger partial charge in [0.25, 0.3) is 0 Å². The van der Waals surface area contributed by atoms with Crippen LogP contribution in [0, 0.1) is 0 Å². The number of hydrogen-bond acceptors (Lipinski definition) is 6. The maximum absolute atomic E-state index is 5.97. The molecule has 0 fully saturated rings. The molecule has 0 aliphatic rings. The molecule has 0 saturated carbocycles. The van der Waals surface area contributed by atoms with Crippen molar-refractivity contribution in [2.45, 2.75) is 0 Å². The van der Waals surface area contributed by atoms with Crippen molar-refractivity contribution in [3.8, 4) is 5.13 Å². The van der Waals surface area contributed by atoms with Gasteiger partial charge in [0.2, 0.25) is 17.0 Å². The van der Waals surface area contributed by atoms with Crippen LogP contribution in [-0.2, 0) is 0 Å². The number of para-hydroxylation sites is 1. The first-order valence-electron chi connectivity index (χ1n) is 6.80. The fourth-order valence-corrected chi connectivity index (χ4v) is 3.28. The van der Waals surface area contributed by atoms with Crippen LogP contribution >= 0.6 is 22.9 Å². The Balaban J connectivity index is 1.69. The van der Waals surface area contributed by atoms with E-state index in [1.54, 1.807) is 12.1 Å². The van der Waals surface area contributed by atoms with Gasteiger partial charge in [-0.25, -0.2) is 4.98 Å². The Hall–Kier alpha value is -2.64. The molecular weight excluding hydrogens is 332 g/mol. The molecule has 0 amide bonds. The number of anilines is 3. The Labute approximate surface area is 140 Å². The summed E-state index contributed by atoms with van der Waals surface area (Å²) < 4.78 is 2.60. The van der Waals surface area contributed by atoms with Crippen LogP contribution in [0.3, 0.4) is 0 Å². The van der Waals surface area contributed by atoms with Gasteiger partial charge in [-0.05, 0) is 30.3 Å². The second-order valence-electron chi connectivity index (χ2n) is 4.80. The molecule has 0 radical (unpaired) electrons. The molecule has 2 heterocycles. The second-order valence-corrected chi connectivity index (χ2v) is 6.25. The van der Waals surface area contributed by atoms with Crippen molar-refractivity contribution in [2.24, 2.45) is 0 Å². The van der Waals surface area contributed by atoms with Gasteiger partial charge in [0.1, 0.15) is 0 Å². The van der Waals surface area contributed by atoms with Crippen LogP contribution in [0.4, 0.5) is 17.6 Å². The van der Waals surface area contributed by atoms with Crippen molar-refractivity contribution in [1.29, 1.82) is 0 Å². The molecule has 4 rings (SSSR count). The molecule has 114 valence electrons. The summed E-state index contributed by atoms with van der Waals surface area (Å²) >= 11 is 7.48. The van der Waals surface area contributed by atoms with Crippen LogP contribution in [0.1, 0.15) is 0 Å². The van der Waals surface area contributed by atoms with Gasteiger partial charge in [-0.2, -0.15) is 9.67 Å². The van der Waals surface area contributed by atoms with Gasteiger partial charge in [0.15, 0.2) is 0 Å². The van der Waals surface area contributed by atoms with Crippen molar-refractivity contribution in [2.75, 3.05) is 11.1 Å². The van der Waals surface area contributed by atoms with Crippen LogP contribution in [0.25, 0.3) is 15.3 Å². The van der Waals surface area contributed by atoms with Gasteiger partial charge < -0.3 is 11.1 Å². The number of fused-ring (bicyclic) bond motifs is 1. The largest absolute Gasteiger partial charge is 0.368 e. The quantitative estimate of drug-likeness (QED) is 0.591. The zero-order valence-electron chi connectivity index (χ0n) is 11.8. The van der Waals surface area contributed by atoms with E-state index in [9.17, 15) is 0 Å². The molecule has 2 aromatic heterocycles. The molecule has 3 N–H and O–H groups in total. The number of halogens is 1. The Morgan fingerprint density at radius 2 is 1.96 bits per heavy atom. The fourth-order valence-electron chi connectivity index (χ4n) is 2.16. The molecule has 23 heavy (non-hydrogen) atoms. The summed E-state index contributed by atoms with van der Waals surface area (Å²) in [6, 6.07) is 15.2. The van der Waals surface area contributed by atoms with E-state index >= 15 is 0 Å². The predicted octanol–water partition coefficient (Wildman–Crippen LogP) is 3.86. The van der Waals surface area contributed by atoms with Crippen molar-refractivity contribution in [3.05, 3.63) is 53.6 Å². The van der Waals surface area contributed by atoms with Crippen LogP contribution in [0.2, 0.25) is 5.02 Å². The van der Waals surface area contributed by atoms with Crippen LogP contribution in [0.5, 0.6) is 0 Å². The summed E-state index contributed by atoms with van der Waals surface area (Å²) in [5, 5.41) is 8.76. The van der Waals surface area contributed by atoms with E-state index in [0.717, 1.165) is 15.9 Å². The molecule has 0 bridgehead atoms. The average molecular weight is 343 g/mol. The summed E-state index contributed by atoms with van der Waals surface area (Å²) in [5.41, 5.74) is 7.67. The van der Waals surface area contributed by atoms with E-state index in [-0.39, 0.29) is 5.95 Å². The normalized spacial score (nSPS) is 11.0. The zero-order valence-corrected chi connectivity index (χ0v) is 13.3. The summed E-state index contributed by atoms with van der Waals surface area (Å²) in [6.07, 6.45) is 0. The van der Waals surface area contributed by atoms with E-state index in [4.69, 9.17) is 17.3 Å². The lowest BCUT2D eigenvalue weighted by Crippen LogP contribution is -2.01. The Kier molecular flexibility index (Phi) is 3.36. The van der Waals surface area contributed by atoms with Gasteiger partial charge >= 0.3 is 0 Å². The number of aromatic nitrogens is 4. The standard InChI is InChI=1S/C15H11ClN6S/c16-9-4-3-5-10(8-9)18-14-20-13(17)22(21-14)15-19-11-6-1-2-7-12(11)23-15/h1-8H,(H3,17,18,20,21). The molecule has 8 heteroatoms. The summed E-state index contributed by atoms with van der Waals surface area (Å²) in [6.45, 7) is 0. The van der Waals surface area contributed by atoms with Gasteiger partial charge in [-0.15, -0.1) is 5.10 Å². The van der Waals surface area contributed by atoms with E-state index < -0.39 is 0 Å². The lowest BCUT2D eigenvalue weighted by atomic mass is 10.3. The minimum atomic E-state index is 0.272. The Morgan fingerprint density at radius 1 is 1.09 bits per heavy atom. The maximum Gasteiger partial charge on any atom is 0.248 e. The smallest absolute Gasteiger partial charge is 0.248 e. The highest BCUT2D eigenvalue weighted by Gasteiger charge is 2.13. The predicted molar refractivity (Wildman–Crippen MR) is 93.7 cm³/mol. The molecule has 0 unspecified atom stereocenters. The lowest BCUT2D eigenvalue weighted by molar-refractivity contribution is 0.886. The highest BCUT2D eigenvalue weighted by molar-refractivity contribution is 7.20. The van der Waals surface area contributed by atoms with E-state index in [1.807, 2.05) is 36.4 Å². The van der Waals surface area contributed by atoms with Gasteiger partial charge in [-0.3, -0.25) is 0 Å². The van der Waals surface area contributed by atoms with Crippen molar-refractivity contribution >= 4 is 50.7 Å². The van der Waals surface area contributed by atoms with Gasteiger partial charge in [0, 0.05) is 10.7 Å². The summed E-state index contributed by atoms with van der Waals surface area (Å²) in [5.74, 6) is 0.664. The molecule has 0 aliphatic carbocycles. The van der Waals surface area contributed by atoms with Crippen LogP contribution < -0.4 is 11.1 Å². The Morgan fingerprint density at radius 3 is 2.78 bits per heavy atom. The average Bonchev–Trinajstić information content (AvgIpc) is 3.10. The van der Waals surface area contributed by atoms with Crippen molar-refractivity contribution < 1.29 is 0 Å². The number of thiazole rings is 1. The monoisotopic (exact) mass is 342 g/mol. The molecule has 0 saturated heterocycles. The van der Waals surface area contributed by atoms with Crippen LogP contribution in [0.15, 0.2) is 48.5 Å². The summed E-state index contributed by atoms with van der Waals surface area (Å²) in [7, 11) is 0.